The van der Waals surface area contributed by atoms with E-state index in [-0.39, 0.29) is 51.7 Å². The zero-order chi connectivity index (χ0) is 37.2. The first-order chi connectivity index (χ1) is 23.8. The fourth-order valence-corrected chi connectivity index (χ4v) is 5.29. The minimum absolute atomic E-state index is 0.0409. The molecule has 2 heterocycles. The van der Waals surface area contributed by atoms with Crippen LogP contribution < -0.4 is 16.0 Å². The molecule has 0 spiro atoms. The predicted molar refractivity (Wildman–Crippen MR) is 172 cm³/mol. The van der Waals surface area contributed by atoms with Crippen molar-refractivity contribution in [1.82, 2.24) is 20.9 Å². The summed E-state index contributed by atoms with van der Waals surface area (Å²) in [6.45, 7) is 1.71. The zero-order valence-electron chi connectivity index (χ0n) is 28.7. The van der Waals surface area contributed by atoms with Crippen LogP contribution in [0.1, 0.15) is 52.4 Å². The predicted octanol–water partition coefficient (Wildman–Crippen LogP) is -4.77. The Morgan fingerprint density at radius 2 is 1.14 bits per heavy atom. The molecule has 2 saturated heterocycles. The Morgan fingerprint density at radius 3 is 1.66 bits per heavy atom. The van der Waals surface area contributed by atoms with Gasteiger partial charge in [-0.05, 0) is 26.2 Å². The molecular weight excluding hydrogens is 668 g/mol. The fraction of sp³-hybridized carbons (Fsp3) is 0.871. The highest BCUT2D eigenvalue weighted by Gasteiger charge is 2.44. The Bertz CT molecular complexity index is 1040. The van der Waals surface area contributed by atoms with Crippen LogP contribution in [0.15, 0.2) is 0 Å². The number of hydrogen-bond acceptors (Lipinski definition) is 16. The fourth-order valence-electron chi connectivity index (χ4n) is 5.29. The summed E-state index contributed by atoms with van der Waals surface area (Å²) >= 11 is 0. The average molecular weight is 725 g/mol. The Hall–Kier alpha value is -2.40. The van der Waals surface area contributed by atoms with Crippen molar-refractivity contribution in [2.75, 3.05) is 59.1 Å². The van der Waals surface area contributed by atoms with Gasteiger partial charge in [0.15, 0.2) is 12.6 Å². The number of amides is 3. The Kier molecular flexibility index (Phi) is 20.3. The molecule has 2 rings (SSSR count). The lowest BCUT2D eigenvalue weighted by Crippen LogP contribution is -2.59. The van der Waals surface area contributed by atoms with Gasteiger partial charge >= 0.3 is 0 Å². The molecule has 0 aromatic carbocycles. The van der Waals surface area contributed by atoms with Crippen molar-refractivity contribution in [3.8, 4) is 0 Å². The molecule has 0 aliphatic carbocycles. The molecule has 3 amide bonds. The summed E-state index contributed by atoms with van der Waals surface area (Å²) in [5, 5.41) is 76.8. The van der Waals surface area contributed by atoms with Crippen LogP contribution in [0.4, 0.5) is 0 Å². The van der Waals surface area contributed by atoms with Crippen LogP contribution in [0.25, 0.3) is 0 Å². The van der Waals surface area contributed by atoms with Crippen LogP contribution in [0.5, 0.6) is 0 Å². The van der Waals surface area contributed by atoms with Crippen molar-refractivity contribution >= 4 is 23.5 Å². The highest BCUT2D eigenvalue weighted by molar-refractivity contribution is 5.84. The van der Waals surface area contributed by atoms with E-state index in [1.165, 1.54) is 11.8 Å². The van der Waals surface area contributed by atoms with E-state index >= 15 is 0 Å². The summed E-state index contributed by atoms with van der Waals surface area (Å²) in [4.78, 5) is 51.1. The van der Waals surface area contributed by atoms with Gasteiger partial charge < -0.3 is 70.6 Å². The first-order valence-electron chi connectivity index (χ1n) is 17.1. The van der Waals surface area contributed by atoms with Crippen molar-refractivity contribution in [2.24, 2.45) is 0 Å². The molecule has 2 fully saturated rings. The minimum Gasteiger partial charge on any atom is -0.394 e. The SMILES string of the molecule is CCCC(=O)CCCCCNC(=O)CN(CC(=O)NCCO[C@@H]1O[C@H](CO)[C@@H](O)[C@H](O)[C@@H]1O)CC(=O)NCCO[C@@H]1O[C@@H](C)[C@@H](O)[C@@H](O)[C@@H]1O. The molecule has 0 saturated carbocycles. The van der Waals surface area contributed by atoms with E-state index in [1.807, 2.05) is 6.92 Å². The maximum absolute atomic E-state index is 12.7. The number of ketones is 1. The highest BCUT2D eigenvalue weighted by Crippen LogP contribution is 2.22. The third-order valence-electron chi connectivity index (χ3n) is 8.15. The summed E-state index contributed by atoms with van der Waals surface area (Å²) in [5.74, 6) is -1.34. The van der Waals surface area contributed by atoms with Crippen molar-refractivity contribution in [3.05, 3.63) is 0 Å². The van der Waals surface area contributed by atoms with Gasteiger partial charge in [0.1, 0.15) is 48.5 Å². The van der Waals surface area contributed by atoms with Crippen LogP contribution in [0.2, 0.25) is 0 Å². The smallest absolute Gasteiger partial charge is 0.234 e. The maximum atomic E-state index is 12.7. The summed E-state index contributed by atoms with van der Waals surface area (Å²) in [5.41, 5.74) is 0. The molecule has 0 aromatic rings. The van der Waals surface area contributed by atoms with Gasteiger partial charge in [-0.3, -0.25) is 24.1 Å². The third kappa shape index (κ3) is 15.1. The Balaban J connectivity index is 1.82. The molecule has 2 aliphatic rings. The number of nitrogens with zero attached hydrogens (tertiary/aromatic N) is 1. The molecule has 2 aliphatic heterocycles. The van der Waals surface area contributed by atoms with Crippen LogP contribution in [0.3, 0.4) is 0 Å². The van der Waals surface area contributed by atoms with Crippen molar-refractivity contribution in [1.29, 1.82) is 0 Å². The highest BCUT2D eigenvalue weighted by atomic mass is 16.7. The van der Waals surface area contributed by atoms with Crippen LogP contribution in [-0.4, -0.2) is 185 Å². The van der Waals surface area contributed by atoms with Gasteiger partial charge in [0, 0.05) is 32.5 Å². The number of hydrogen-bond donors (Lipinski definition) is 10. The first kappa shape index (κ1) is 43.8. The molecule has 0 radical (unpaired) electrons. The first-order valence-corrected chi connectivity index (χ1v) is 17.1. The second-order valence-electron chi connectivity index (χ2n) is 12.4. The second kappa shape index (κ2) is 23.2. The molecule has 290 valence electrons. The molecule has 19 nitrogen and oxygen atoms in total. The standard InChI is InChI=1S/C31H56N4O15/c1-3-7-19(37)8-5-4-6-9-32-21(38)14-35(15-22(39)33-10-12-47-30-28(45)26(43)24(41)18(2)49-30)16-23(40)34-11-13-48-31-29(46)27(44)25(42)20(17-36)50-31/h18,20,24-31,36,41-46H,3-17H2,1-2H3,(H,32,38)(H,33,39)(H,34,40)/t18-,20+,24+,25+,26+,27-,28-,29-,30+,31+/m0/s1. The summed E-state index contributed by atoms with van der Waals surface area (Å²) in [7, 11) is 0. The van der Waals surface area contributed by atoms with E-state index in [2.05, 4.69) is 16.0 Å². The average Bonchev–Trinajstić information content (AvgIpc) is 3.07. The number of unbranched alkanes of at least 4 members (excludes halogenated alkanes) is 2. The zero-order valence-corrected chi connectivity index (χ0v) is 28.7. The van der Waals surface area contributed by atoms with Gasteiger partial charge in [0.25, 0.3) is 0 Å². The van der Waals surface area contributed by atoms with E-state index in [4.69, 9.17) is 18.9 Å². The molecule has 50 heavy (non-hydrogen) atoms. The monoisotopic (exact) mass is 724 g/mol. The van der Waals surface area contributed by atoms with Gasteiger partial charge in [-0.1, -0.05) is 13.3 Å². The number of ether oxygens (including phenoxy) is 4. The van der Waals surface area contributed by atoms with Crippen LogP contribution in [-0.2, 0) is 38.1 Å². The Morgan fingerprint density at radius 1 is 0.640 bits per heavy atom. The number of carbonyl (C=O) groups is 4. The molecule has 10 atom stereocenters. The summed E-state index contributed by atoms with van der Waals surface area (Å²) in [6, 6.07) is 0. The number of nitrogens with one attached hydrogen (secondary N) is 3. The van der Waals surface area contributed by atoms with Crippen molar-refractivity contribution in [3.63, 3.8) is 0 Å². The third-order valence-corrected chi connectivity index (χ3v) is 8.15. The quantitative estimate of drug-likeness (QED) is 0.0443. The van der Waals surface area contributed by atoms with E-state index in [9.17, 15) is 54.9 Å². The topological polar surface area (TPSA) is 286 Å². The second-order valence-corrected chi connectivity index (χ2v) is 12.4. The summed E-state index contributed by atoms with van der Waals surface area (Å²) in [6.07, 6.45) is -9.62. The number of aliphatic hydroxyl groups excluding tert-OH is 7. The van der Waals surface area contributed by atoms with E-state index in [0.29, 0.717) is 25.8 Å². The van der Waals surface area contributed by atoms with Crippen molar-refractivity contribution < 1.29 is 73.9 Å². The van der Waals surface area contributed by atoms with Gasteiger partial charge in [0.2, 0.25) is 17.7 Å². The summed E-state index contributed by atoms with van der Waals surface area (Å²) < 4.78 is 21.4. The lowest BCUT2D eigenvalue weighted by Gasteiger charge is -2.39. The van der Waals surface area contributed by atoms with Crippen LogP contribution >= 0.6 is 0 Å². The normalized spacial score (nSPS) is 29.8. The van der Waals surface area contributed by atoms with Gasteiger partial charge in [-0.15, -0.1) is 0 Å². The maximum Gasteiger partial charge on any atom is 0.234 e. The number of rotatable bonds is 23. The largest absolute Gasteiger partial charge is 0.394 e. The van der Waals surface area contributed by atoms with Crippen molar-refractivity contribution in [2.45, 2.75) is 114 Å². The molecule has 19 heteroatoms. The lowest BCUT2D eigenvalue weighted by atomic mass is 9.99. The van der Waals surface area contributed by atoms with Crippen LogP contribution in [0, 0.1) is 0 Å². The van der Waals surface area contributed by atoms with E-state index in [0.717, 1.165) is 19.3 Å². The lowest BCUT2D eigenvalue weighted by molar-refractivity contribution is -0.300. The van der Waals surface area contributed by atoms with Gasteiger partial charge in [-0.2, -0.15) is 0 Å². The number of carbonyl (C=O) groups excluding carboxylic acids is 4. The van der Waals surface area contributed by atoms with Gasteiger partial charge in [0.05, 0.1) is 45.6 Å². The number of Topliss-reactive ketones (excluding diaryl/α,β-unsaturated/α-hetero) is 1. The van der Waals surface area contributed by atoms with E-state index in [1.54, 1.807) is 0 Å². The molecule has 0 bridgehead atoms. The molecular formula is C31H56N4O15. The molecule has 0 aromatic heterocycles. The molecule has 10 N–H and O–H groups in total. The Labute approximate surface area is 291 Å². The number of aliphatic hydroxyl groups is 7. The van der Waals surface area contributed by atoms with E-state index < -0.39 is 85.7 Å². The minimum atomic E-state index is -1.62. The van der Waals surface area contributed by atoms with Gasteiger partial charge in [-0.25, -0.2) is 0 Å². The molecule has 0 unspecified atom stereocenters.